The Labute approximate surface area is 101 Å². The summed E-state index contributed by atoms with van der Waals surface area (Å²) < 4.78 is 40.6. The van der Waals surface area contributed by atoms with Gasteiger partial charge in [-0.25, -0.2) is 9.52 Å². The van der Waals surface area contributed by atoms with Crippen LogP contribution in [0.15, 0.2) is 0 Å². The monoisotopic (exact) mass is 270 g/mol. The number of hydrogen-bond donors (Lipinski definition) is 2. The zero-order valence-corrected chi connectivity index (χ0v) is 11.0. The lowest BCUT2D eigenvalue weighted by Crippen LogP contribution is -2.44. The fourth-order valence-electron chi connectivity index (χ4n) is 0.825. The molecule has 8 nitrogen and oxygen atoms in total. The topological polar surface area (TPSA) is 103 Å². The van der Waals surface area contributed by atoms with Gasteiger partial charge >= 0.3 is 16.3 Å². The molecule has 0 rings (SSSR count). The van der Waals surface area contributed by atoms with E-state index in [-0.39, 0.29) is 6.54 Å². The third-order valence-corrected chi connectivity index (χ3v) is 2.51. The lowest BCUT2D eigenvalue weighted by Gasteiger charge is -2.15. The van der Waals surface area contributed by atoms with E-state index in [1.807, 2.05) is 0 Å². The van der Waals surface area contributed by atoms with Gasteiger partial charge in [0.2, 0.25) is 0 Å². The minimum atomic E-state index is -3.98. The maximum Gasteiger partial charge on any atom is 0.422 e. The van der Waals surface area contributed by atoms with Gasteiger partial charge < -0.3 is 14.2 Å². The van der Waals surface area contributed by atoms with Crippen LogP contribution in [-0.4, -0.2) is 47.7 Å². The second kappa shape index (κ2) is 7.43. The molecule has 102 valence electrons. The highest BCUT2D eigenvalue weighted by molar-refractivity contribution is 7.88. The third kappa shape index (κ3) is 7.91. The predicted octanol–water partition coefficient (Wildman–Crippen LogP) is -0.426. The summed E-state index contributed by atoms with van der Waals surface area (Å²) in [6.07, 6.45) is -2.18. The van der Waals surface area contributed by atoms with Crippen LogP contribution < -0.4 is 9.44 Å². The first kappa shape index (κ1) is 16.1. The van der Waals surface area contributed by atoms with Crippen molar-refractivity contribution in [2.24, 2.45) is 0 Å². The summed E-state index contributed by atoms with van der Waals surface area (Å²) >= 11 is 0. The molecule has 0 aromatic rings. The Balaban J connectivity index is 4.16. The molecule has 0 spiro atoms. The van der Waals surface area contributed by atoms with Crippen molar-refractivity contribution >= 4 is 16.3 Å². The number of carbonyl (C=O) groups is 1. The van der Waals surface area contributed by atoms with Gasteiger partial charge in [0.15, 0.2) is 6.29 Å². The number of hydrogen-bond acceptors (Lipinski definition) is 6. The highest BCUT2D eigenvalue weighted by Gasteiger charge is 2.17. The van der Waals surface area contributed by atoms with Gasteiger partial charge in [-0.1, -0.05) is 0 Å². The van der Waals surface area contributed by atoms with Gasteiger partial charge in [-0.15, -0.1) is 0 Å². The van der Waals surface area contributed by atoms with Crippen molar-refractivity contribution in [2.45, 2.75) is 26.2 Å². The van der Waals surface area contributed by atoms with E-state index in [1.54, 1.807) is 18.6 Å². The first-order valence-electron chi connectivity index (χ1n) is 4.84. The van der Waals surface area contributed by atoms with Gasteiger partial charge in [0.05, 0.1) is 12.6 Å². The zero-order valence-electron chi connectivity index (χ0n) is 10.2. The van der Waals surface area contributed by atoms with Gasteiger partial charge in [-0.3, -0.25) is 0 Å². The SMILES string of the molecule is COC(CNS(=O)(=O)NC(=O)OC(C)C)OC. The molecule has 9 heteroatoms. The summed E-state index contributed by atoms with van der Waals surface area (Å²) in [4.78, 5) is 11.0. The summed E-state index contributed by atoms with van der Waals surface area (Å²) in [6.45, 7) is 3.08. The summed E-state index contributed by atoms with van der Waals surface area (Å²) in [6, 6.07) is 0. The van der Waals surface area contributed by atoms with Crippen molar-refractivity contribution in [3.63, 3.8) is 0 Å². The van der Waals surface area contributed by atoms with Gasteiger partial charge in [0.1, 0.15) is 0 Å². The number of methoxy groups -OCH3 is 2. The Hall–Kier alpha value is -0.900. The van der Waals surface area contributed by atoms with Crippen LogP contribution in [0.5, 0.6) is 0 Å². The van der Waals surface area contributed by atoms with Crippen molar-refractivity contribution in [3.8, 4) is 0 Å². The second-order valence-corrected chi connectivity index (χ2v) is 4.81. The molecule has 0 aromatic carbocycles. The molecule has 1 amide bonds. The molecular formula is C8H18N2O6S. The Morgan fingerprint density at radius 3 is 2.18 bits per heavy atom. The van der Waals surface area contributed by atoms with Crippen LogP contribution in [0.3, 0.4) is 0 Å². The molecule has 2 N–H and O–H groups in total. The molecule has 0 heterocycles. The average molecular weight is 270 g/mol. The third-order valence-electron chi connectivity index (χ3n) is 1.53. The van der Waals surface area contributed by atoms with Gasteiger partial charge in [-0.05, 0) is 13.8 Å². The van der Waals surface area contributed by atoms with Crippen LogP contribution in [-0.2, 0) is 24.4 Å². The maximum absolute atomic E-state index is 11.3. The number of carbonyl (C=O) groups excluding carboxylic acids is 1. The van der Waals surface area contributed by atoms with E-state index in [0.29, 0.717) is 0 Å². The summed E-state index contributed by atoms with van der Waals surface area (Å²) in [7, 11) is -1.25. The highest BCUT2D eigenvalue weighted by Crippen LogP contribution is 1.92. The molecule has 0 aliphatic heterocycles. The highest BCUT2D eigenvalue weighted by atomic mass is 32.2. The Kier molecular flexibility index (Phi) is 7.04. The molecular weight excluding hydrogens is 252 g/mol. The number of nitrogens with one attached hydrogen (secondary N) is 2. The standard InChI is InChI=1S/C8H18N2O6S/c1-6(2)16-8(11)10-17(12,13)9-5-7(14-3)15-4/h6-7,9H,5H2,1-4H3,(H,10,11). The van der Waals surface area contributed by atoms with Crippen molar-refractivity contribution in [1.82, 2.24) is 9.44 Å². The van der Waals surface area contributed by atoms with Gasteiger partial charge in [0, 0.05) is 14.2 Å². The smallest absolute Gasteiger partial charge is 0.422 e. The Morgan fingerprint density at radius 1 is 1.24 bits per heavy atom. The normalized spacial score (nSPS) is 11.9. The maximum atomic E-state index is 11.3. The number of rotatable bonds is 7. The van der Waals surface area contributed by atoms with E-state index in [4.69, 9.17) is 9.47 Å². The molecule has 0 bridgehead atoms. The Bertz CT molecular complexity index is 325. The molecule has 0 radical (unpaired) electrons. The minimum absolute atomic E-state index is 0.128. The van der Waals surface area contributed by atoms with Crippen LogP contribution in [0.25, 0.3) is 0 Å². The molecule has 17 heavy (non-hydrogen) atoms. The van der Waals surface area contributed by atoms with Crippen molar-refractivity contribution in [2.75, 3.05) is 20.8 Å². The van der Waals surface area contributed by atoms with Gasteiger partial charge in [-0.2, -0.15) is 13.1 Å². The van der Waals surface area contributed by atoms with Crippen molar-refractivity contribution in [1.29, 1.82) is 0 Å². The fraction of sp³-hybridized carbons (Fsp3) is 0.875. The van der Waals surface area contributed by atoms with Crippen molar-refractivity contribution < 1.29 is 27.4 Å². The summed E-state index contributed by atoms with van der Waals surface area (Å²) in [5, 5.41) is 0. The Morgan fingerprint density at radius 2 is 1.76 bits per heavy atom. The second-order valence-electron chi connectivity index (χ2n) is 3.31. The van der Waals surface area contributed by atoms with Crippen LogP contribution in [0.1, 0.15) is 13.8 Å². The molecule has 0 aliphatic rings. The average Bonchev–Trinajstić information content (AvgIpc) is 2.16. The number of amides is 1. The van der Waals surface area contributed by atoms with Gasteiger partial charge in [0.25, 0.3) is 0 Å². The predicted molar refractivity (Wildman–Crippen MR) is 59.5 cm³/mol. The molecule has 0 saturated carbocycles. The quantitative estimate of drug-likeness (QED) is 0.609. The molecule has 0 unspecified atom stereocenters. The summed E-state index contributed by atoms with van der Waals surface area (Å²) in [5.41, 5.74) is 0. The molecule has 0 aliphatic carbocycles. The molecule has 0 aromatic heterocycles. The van der Waals surface area contributed by atoms with Crippen molar-refractivity contribution in [3.05, 3.63) is 0 Å². The van der Waals surface area contributed by atoms with Crippen LogP contribution in [0, 0.1) is 0 Å². The lowest BCUT2D eigenvalue weighted by molar-refractivity contribution is -0.0961. The van der Waals surface area contributed by atoms with E-state index < -0.39 is 28.7 Å². The zero-order chi connectivity index (χ0) is 13.5. The lowest BCUT2D eigenvalue weighted by atomic mass is 10.5. The minimum Gasteiger partial charge on any atom is -0.446 e. The van der Waals surface area contributed by atoms with E-state index >= 15 is 0 Å². The molecule has 0 saturated heterocycles. The largest absolute Gasteiger partial charge is 0.446 e. The molecule has 0 fully saturated rings. The van der Waals surface area contributed by atoms with E-state index in [1.165, 1.54) is 14.2 Å². The van der Waals surface area contributed by atoms with Crippen LogP contribution in [0.4, 0.5) is 4.79 Å². The number of ether oxygens (including phenoxy) is 3. The fourth-order valence-corrected chi connectivity index (χ4v) is 1.52. The van der Waals surface area contributed by atoms with Crippen LogP contribution in [0.2, 0.25) is 0 Å². The van der Waals surface area contributed by atoms with E-state index in [0.717, 1.165) is 0 Å². The van der Waals surface area contributed by atoms with E-state index in [2.05, 4.69) is 9.46 Å². The first-order valence-corrected chi connectivity index (χ1v) is 6.32. The molecule has 0 atom stereocenters. The summed E-state index contributed by atoms with van der Waals surface area (Å²) in [5.74, 6) is 0. The van der Waals surface area contributed by atoms with E-state index in [9.17, 15) is 13.2 Å². The van der Waals surface area contributed by atoms with Crippen LogP contribution >= 0.6 is 0 Å². The first-order chi connectivity index (χ1) is 7.80.